The molecular formula is C13H19ClN4O2S. The van der Waals surface area contributed by atoms with Crippen molar-refractivity contribution >= 4 is 19.7 Å². The predicted molar refractivity (Wildman–Crippen MR) is 81.0 cm³/mol. The lowest BCUT2D eigenvalue weighted by atomic mass is 10.3. The monoisotopic (exact) mass is 330 g/mol. The molecular weight excluding hydrogens is 312 g/mol. The third kappa shape index (κ3) is 3.65. The van der Waals surface area contributed by atoms with E-state index in [0.29, 0.717) is 18.8 Å². The smallest absolute Gasteiger partial charge is 0.280 e. The van der Waals surface area contributed by atoms with Crippen LogP contribution < -0.4 is 0 Å². The Morgan fingerprint density at radius 1 is 1.38 bits per heavy atom. The molecule has 0 saturated carbocycles. The van der Waals surface area contributed by atoms with Crippen molar-refractivity contribution in [2.24, 2.45) is 0 Å². The molecule has 116 valence electrons. The van der Waals surface area contributed by atoms with E-state index in [1.54, 1.807) is 12.5 Å². The summed E-state index contributed by atoms with van der Waals surface area (Å²) in [5, 5.41) is -0.0942. The largest absolute Gasteiger partial charge is 0.330 e. The number of hydrogen-bond donors (Lipinski definition) is 0. The van der Waals surface area contributed by atoms with Gasteiger partial charge in [0, 0.05) is 35.5 Å². The molecule has 0 atom stereocenters. The Morgan fingerprint density at radius 3 is 2.67 bits per heavy atom. The molecule has 0 aliphatic rings. The molecule has 0 fully saturated rings. The number of aromatic nitrogens is 4. The van der Waals surface area contributed by atoms with Crippen LogP contribution in [0.25, 0.3) is 0 Å². The van der Waals surface area contributed by atoms with Crippen molar-refractivity contribution in [2.75, 3.05) is 0 Å². The lowest BCUT2D eigenvalue weighted by Crippen LogP contribution is -2.10. The van der Waals surface area contributed by atoms with Crippen LogP contribution >= 0.6 is 10.7 Å². The van der Waals surface area contributed by atoms with Gasteiger partial charge in [0.1, 0.15) is 5.82 Å². The maximum atomic E-state index is 11.5. The Kier molecular flexibility index (Phi) is 4.73. The highest BCUT2D eigenvalue weighted by atomic mass is 35.7. The lowest BCUT2D eigenvalue weighted by molar-refractivity contribution is 0.555. The van der Waals surface area contributed by atoms with Gasteiger partial charge in [0.05, 0.1) is 18.6 Å². The number of halogens is 1. The summed E-state index contributed by atoms with van der Waals surface area (Å²) in [7, 11) is 1.58. The van der Waals surface area contributed by atoms with Crippen LogP contribution in [0, 0.1) is 0 Å². The number of rotatable bonds is 6. The Bertz CT molecular complexity index is 718. The minimum Gasteiger partial charge on any atom is -0.330 e. The van der Waals surface area contributed by atoms with E-state index in [2.05, 4.69) is 23.8 Å². The van der Waals surface area contributed by atoms with Crippen LogP contribution in [0.4, 0.5) is 0 Å². The van der Waals surface area contributed by atoms with Gasteiger partial charge in [-0.25, -0.2) is 18.4 Å². The van der Waals surface area contributed by atoms with Gasteiger partial charge in [0.15, 0.2) is 5.03 Å². The summed E-state index contributed by atoms with van der Waals surface area (Å²) in [6.45, 7) is 6.68. The Labute approximate surface area is 129 Å². The first-order valence-corrected chi connectivity index (χ1v) is 9.15. The van der Waals surface area contributed by atoms with E-state index in [4.69, 9.17) is 10.7 Å². The number of imidazole rings is 2. The molecule has 0 amide bonds. The minimum absolute atomic E-state index is 0.0942. The molecule has 8 heteroatoms. The molecule has 2 rings (SSSR count). The molecule has 2 aromatic heterocycles. The van der Waals surface area contributed by atoms with Crippen LogP contribution in [0.2, 0.25) is 0 Å². The molecule has 0 bridgehead atoms. The van der Waals surface area contributed by atoms with E-state index in [1.165, 1.54) is 6.20 Å². The second kappa shape index (κ2) is 6.19. The summed E-state index contributed by atoms with van der Waals surface area (Å²) in [4.78, 5) is 8.30. The Hall–Kier alpha value is -1.34. The van der Waals surface area contributed by atoms with Gasteiger partial charge in [-0.3, -0.25) is 0 Å². The van der Waals surface area contributed by atoms with Crippen molar-refractivity contribution in [2.45, 2.75) is 51.2 Å². The summed E-state index contributed by atoms with van der Waals surface area (Å²) < 4.78 is 26.8. The highest BCUT2D eigenvalue weighted by molar-refractivity contribution is 8.13. The quantitative estimate of drug-likeness (QED) is 0.763. The third-order valence-electron chi connectivity index (χ3n) is 3.20. The molecule has 0 radical (unpaired) electrons. The van der Waals surface area contributed by atoms with Crippen molar-refractivity contribution in [1.82, 2.24) is 19.1 Å². The van der Waals surface area contributed by atoms with Crippen LogP contribution in [0.1, 0.15) is 44.8 Å². The van der Waals surface area contributed by atoms with Gasteiger partial charge in [-0.05, 0) is 20.3 Å². The van der Waals surface area contributed by atoms with E-state index in [1.807, 2.05) is 16.1 Å². The third-order valence-corrected chi connectivity index (χ3v) is 4.37. The number of aryl methyl sites for hydroxylation is 1. The summed E-state index contributed by atoms with van der Waals surface area (Å²) in [5.74, 6) is 0.716. The summed E-state index contributed by atoms with van der Waals surface area (Å²) >= 11 is 0. The van der Waals surface area contributed by atoms with Crippen molar-refractivity contribution < 1.29 is 8.42 Å². The summed E-state index contributed by atoms with van der Waals surface area (Å²) in [6.07, 6.45) is 6.62. The highest BCUT2D eigenvalue weighted by Gasteiger charge is 2.18. The zero-order valence-electron chi connectivity index (χ0n) is 12.3. The lowest BCUT2D eigenvalue weighted by Gasteiger charge is -2.13. The first-order valence-electron chi connectivity index (χ1n) is 6.84. The van der Waals surface area contributed by atoms with Gasteiger partial charge in [-0.2, -0.15) is 0 Å². The predicted octanol–water partition coefficient (Wildman–Crippen LogP) is 2.59. The number of nitrogens with zero attached hydrogens (tertiary/aromatic N) is 4. The van der Waals surface area contributed by atoms with Crippen LogP contribution in [-0.2, 0) is 22.0 Å². The van der Waals surface area contributed by atoms with E-state index < -0.39 is 9.05 Å². The highest BCUT2D eigenvalue weighted by Crippen LogP contribution is 2.18. The molecule has 0 spiro atoms. The first-order chi connectivity index (χ1) is 9.82. The summed E-state index contributed by atoms with van der Waals surface area (Å²) in [5.41, 5.74) is 0.998. The van der Waals surface area contributed by atoms with Gasteiger partial charge < -0.3 is 9.13 Å². The zero-order valence-corrected chi connectivity index (χ0v) is 13.9. The van der Waals surface area contributed by atoms with Crippen LogP contribution in [0.15, 0.2) is 23.7 Å². The van der Waals surface area contributed by atoms with Crippen molar-refractivity contribution in [3.8, 4) is 0 Å². The van der Waals surface area contributed by atoms with Gasteiger partial charge in [-0.1, -0.05) is 6.92 Å². The van der Waals surface area contributed by atoms with Crippen LogP contribution in [0.5, 0.6) is 0 Å². The Morgan fingerprint density at radius 2 is 2.10 bits per heavy atom. The second-order valence-corrected chi connectivity index (χ2v) is 7.71. The van der Waals surface area contributed by atoms with Crippen molar-refractivity contribution in [1.29, 1.82) is 0 Å². The number of hydrogen-bond acceptors (Lipinski definition) is 4. The molecule has 0 saturated heterocycles. The van der Waals surface area contributed by atoms with E-state index in [9.17, 15) is 8.42 Å². The normalized spacial score (nSPS) is 12.2. The molecule has 21 heavy (non-hydrogen) atoms. The molecule has 0 unspecified atom stereocenters. The summed E-state index contributed by atoms with van der Waals surface area (Å²) in [6, 6.07) is 0.289. The fraction of sp³-hybridized carbons (Fsp3) is 0.538. The fourth-order valence-electron chi connectivity index (χ4n) is 2.20. The first kappa shape index (κ1) is 16.0. The average molecular weight is 331 g/mol. The van der Waals surface area contributed by atoms with E-state index in [0.717, 1.165) is 12.1 Å². The zero-order chi connectivity index (χ0) is 15.6. The molecule has 2 aromatic rings. The second-order valence-electron chi connectivity index (χ2n) is 5.20. The molecule has 0 aliphatic heterocycles. The maximum Gasteiger partial charge on any atom is 0.280 e. The van der Waals surface area contributed by atoms with Crippen molar-refractivity contribution in [3.05, 3.63) is 30.2 Å². The average Bonchev–Trinajstić information content (AvgIpc) is 2.97. The Balaban J connectivity index is 2.38. The minimum atomic E-state index is -3.81. The maximum absolute atomic E-state index is 11.5. The van der Waals surface area contributed by atoms with Crippen LogP contribution in [-0.4, -0.2) is 27.5 Å². The van der Waals surface area contributed by atoms with Crippen molar-refractivity contribution in [3.63, 3.8) is 0 Å². The van der Waals surface area contributed by atoms with Gasteiger partial charge in [0.25, 0.3) is 9.05 Å². The topological polar surface area (TPSA) is 69.8 Å². The molecule has 2 heterocycles. The standard InChI is InChI=1S/C13H19ClN4O2S/c1-4-5-12-16-13(21(14,19)20)8-17(12)7-11-6-15-9-18(11)10(2)3/h6,8-10H,4-5,7H2,1-3H3. The SMILES string of the molecule is CCCc1nc(S(=O)(=O)Cl)cn1Cc1cncn1C(C)C. The van der Waals surface area contributed by atoms with Gasteiger partial charge in [0.2, 0.25) is 0 Å². The fourth-order valence-corrected chi connectivity index (χ4v) is 2.89. The van der Waals surface area contributed by atoms with E-state index in [-0.39, 0.29) is 11.1 Å². The molecule has 0 N–H and O–H groups in total. The molecule has 0 aliphatic carbocycles. The van der Waals surface area contributed by atoms with Gasteiger partial charge >= 0.3 is 0 Å². The van der Waals surface area contributed by atoms with Gasteiger partial charge in [-0.15, -0.1) is 0 Å². The molecule has 6 nitrogen and oxygen atoms in total. The van der Waals surface area contributed by atoms with E-state index >= 15 is 0 Å². The molecule has 0 aromatic carbocycles. The van der Waals surface area contributed by atoms with Crippen LogP contribution in [0.3, 0.4) is 0 Å².